The van der Waals surface area contributed by atoms with Crippen LogP contribution in [0, 0.1) is 17.8 Å². The quantitative estimate of drug-likeness (QED) is 0.788. The Kier molecular flexibility index (Phi) is 5.18. The summed E-state index contributed by atoms with van der Waals surface area (Å²) in [6.07, 6.45) is 5.11. The molecule has 1 amide bonds. The zero-order valence-electron chi connectivity index (χ0n) is 12.3. The van der Waals surface area contributed by atoms with E-state index >= 15 is 0 Å². The van der Waals surface area contributed by atoms with E-state index in [1.54, 1.807) is 6.92 Å². The van der Waals surface area contributed by atoms with Crippen LogP contribution in [0.4, 0.5) is 0 Å². The molecule has 3 nitrogen and oxygen atoms in total. The molecule has 2 aliphatic carbocycles. The molecule has 0 aliphatic heterocycles. The predicted molar refractivity (Wildman–Crippen MR) is 80.1 cm³/mol. The van der Waals surface area contributed by atoms with Gasteiger partial charge in [-0.05, 0) is 50.9 Å². The van der Waals surface area contributed by atoms with Crippen molar-refractivity contribution in [2.45, 2.75) is 63.9 Å². The number of aliphatic hydroxyl groups excluding tert-OH is 1. The molecule has 2 bridgehead atoms. The maximum atomic E-state index is 11.9. The van der Waals surface area contributed by atoms with Gasteiger partial charge in [0.1, 0.15) is 0 Å². The summed E-state index contributed by atoms with van der Waals surface area (Å²) in [7, 11) is 0. The van der Waals surface area contributed by atoms with Crippen LogP contribution < -0.4 is 5.32 Å². The summed E-state index contributed by atoms with van der Waals surface area (Å²) < 4.78 is 0. The van der Waals surface area contributed by atoms with Crippen molar-refractivity contribution in [1.82, 2.24) is 5.32 Å². The van der Waals surface area contributed by atoms with E-state index in [-0.39, 0.29) is 17.3 Å². The van der Waals surface area contributed by atoms with Gasteiger partial charge in [0.2, 0.25) is 5.91 Å². The first-order chi connectivity index (χ1) is 8.97. The predicted octanol–water partition coefficient (Wildman–Crippen LogP) is 2.43. The molecule has 0 spiro atoms. The summed E-state index contributed by atoms with van der Waals surface area (Å²) in [5.41, 5.74) is 0. The maximum Gasteiger partial charge on any atom is 0.230 e. The number of hydrogen-bond acceptors (Lipinski definition) is 3. The maximum absolute atomic E-state index is 11.9. The van der Waals surface area contributed by atoms with Crippen molar-refractivity contribution in [3.05, 3.63) is 0 Å². The van der Waals surface area contributed by atoms with Crippen LogP contribution in [-0.2, 0) is 4.79 Å². The molecule has 2 fully saturated rings. The minimum absolute atomic E-state index is 0.114. The molecule has 2 saturated carbocycles. The lowest BCUT2D eigenvalue weighted by Gasteiger charge is -2.28. The summed E-state index contributed by atoms with van der Waals surface area (Å²) in [5.74, 6) is 3.05. The lowest BCUT2D eigenvalue weighted by molar-refractivity contribution is -0.119. The van der Waals surface area contributed by atoms with Crippen molar-refractivity contribution in [3.8, 4) is 0 Å². The van der Waals surface area contributed by atoms with E-state index in [2.05, 4.69) is 12.2 Å². The largest absolute Gasteiger partial charge is 0.392 e. The van der Waals surface area contributed by atoms with E-state index in [0.717, 1.165) is 11.8 Å². The van der Waals surface area contributed by atoms with Crippen molar-refractivity contribution in [2.24, 2.45) is 17.8 Å². The molecule has 6 unspecified atom stereocenters. The zero-order valence-corrected chi connectivity index (χ0v) is 13.1. The third-order valence-corrected chi connectivity index (χ3v) is 6.33. The molecule has 0 aromatic carbocycles. The van der Waals surface area contributed by atoms with Crippen molar-refractivity contribution in [1.29, 1.82) is 0 Å². The third-order valence-electron chi connectivity index (χ3n) is 4.98. The molecule has 2 rings (SSSR count). The molecule has 0 aromatic rings. The number of rotatable bonds is 6. The molecule has 2 N–H and O–H groups in total. The molecule has 0 heterocycles. The van der Waals surface area contributed by atoms with E-state index in [4.69, 9.17) is 0 Å². The number of carbonyl (C=O) groups is 1. The van der Waals surface area contributed by atoms with Gasteiger partial charge in [0, 0.05) is 11.3 Å². The minimum Gasteiger partial charge on any atom is -0.392 e. The summed E-state index contributed by atoms with van der Waals surface area (Å²) in [6.45, 7) is 5.89. The highest BCUT2D eigenvalue weighted by molar-refractivity contribution is 8.00. The van der Waals surface area contributed by atoms with Crippen LogP contribution in [0.25, 0.3) is 0 Å². The van der Waals surface area contributed by atoms with Crippen molar-refractivity contribution >= 4 is 17.7 Å². The topological polar surface area (TPSA) is 49.3 Å². The van der Waals surface area contributed by atoms with Gasteiger partial charge < -0.3 is 10.4 Å². The SMILES string of the molecule is CC(O)C(C)SCC(=O)NC(C)C1CC2CCC1C2. The van der Waals surface area contributed by atoms with Gasteiger partial charge in [-0.25, -0.2) is 0 Å². The van der Waals surface area contributed by atoms with Gasteiger partial charge in [0.25, 0.3) is 0 Å². The Labute approximate surface area is 120 Å². The van der Waals surface area contributed by atoms with E-state index in [1.807, 2.05) is 6.92 Å². The Morgan fingerprint density at radius 2 is 2.05 bits per heavy atom. The van der Waals surface area contributed by atoms with Crippen molar-refractivity contribution in [3.63, 3.8) is 0 Å². The van der Waals surface area contributed by atoms with Gasteiger partial charge in [0.15, 0.2) is 0 Å². The van der Waals surface area contributed by atoms with Crippen molar-refractivity contribution < 1.29 is 9.90 Å². The lowest BCUT2D eigenvalue weighted by atomic mass is 9.84. The number of thioether (sulfide) groups is 1. The van der Waals surface area contributed by atoms with E-state index in [9.17, 15) is 9.90 Å². The molecule has 0 saturated heterocycles. The number of fused-ring (bicyclic) bond motifs is 2. The van der Waals surface area contributed by atoms with Gasteiger partial charge in [0.05, 0.1) is 11.9 Å². The highest BCUT2D eigenvalue weighted by atomic mass is 32.2. The summed E-state index contributed by atoms with van der Waals surface area (Å²) in [6, 6.07) is 0.310. The molecule has 0 aromatic heterocycles. The Bertz CT molecular complexity index is 321. The fourth-order valence-electron chi connectivity index (χ4n) is 3.66. The molecule has 4 heteroatoms. The van der Waals surface area contributed by atoms with Crippen LogP contribution >= 0.6 is 11.8 Å². The van der Waals surface area contributed by atoms with E-state index < -0.39 is 0 Å². The number of amides is 1. The molecule has 0 radical (unpaired) electrons. The van der Waals surface area contributed by atoms with Crippen LogP contribution in [0.2, 0.25) is 0 Å². The molecule has 2 aliphatic rings. The van der Waals surface area contributed by atoms with Crippen LogP contribution in [0.5, 0.6) is 0 Å². The average Bonchev–Trinajstić information content (AvgIpc) is 2.97. The first-order valence-electron chi connectivity index (χ1n) is 7.56. The molecular weight excluding hydrogens is 258 g/mol. The second kappa shape index (κ2) is 6.49. The van der Waals surface area contributed by atoms with Crippen LogP contribution in [0.15, 0.2) is 0 Å². The van der Waals surface area contributed by atoms with Gasteiger partial charge in [-0.1, -0.05) is 13.3 Å². The fourth-order valence-corrected chi connectivity index (χ4v) is 4.43. The van der Waals surface area contributed by atoms with Crippen LogP contribution in [0.3, 0.4) is 0 Å². The normalized spacial score (nSPS) is 34.0. The highest BCUT2D eigenvalue weighted by Crippen LogP contribution is 2.49. The van der Waals surface area contributed by atoms with E-state index in [1.165, 1.54) is 37.4 Å². The van der Waals surface area contributed by atoms with Gasteiger partial charge in [-0.3, -0.25) is 4.79 Å². The molecule has 6 atom stereocenters. The molecular formula is C15H27NO2S. The lowest BCUT2D eigenvalue weighted by Crippen LogP contribution is -2.41. The Balaban J connectivity index is 1.70. The third kappa shape index (κ3) is 3.88. The fraction of sp³-hybridized carbons (Fsp3) is 0.933. The first-order valence-corrected chi connectivity index (χ1v) is 8.61. The average molecular weight is 285 g/mol. The van der Waals surface area contributed by atoms with E-state index in [0.29, 0.717) is 17.7 Å². The Hall–Kier alpha value is -0.220. The highest BCUT2D eigenvalue weighted by Gasteiger charge is 2.42. The smallest absolute Gasteiger partial charge is 0.230 e. The van der Waals surface area contributed by atoms with Gasteiger partial charge in [-0.2, -0.15) is 0 Å². The second-order valence-electron chi connectivity index (χ2n) is 6.45. The second-order valence-corrected chi connectivity index (χ2v) is 7.82. The molecule has 110 valence electrons. The Morgan fingerprint density at radius 1 is 1.32 bits per heavy atom. The first kappa shape index (κ1) is 15.2. The minimum atomic E-state index is -0.360. The summed E-state index contributed by atoms with van der Waals surface area (Å²) >= 11 is 1.53. The van der Waals surface area contributed by atoms with Crippen LogP contribution in [-0.4, -0.2) is 34.2 Å². The molecule has 19 heavy (non-hydrogen) atoms. The zero-order chi connectivity index (χ0) is 14.0. The monoisotopic (exact) mass is 285 g/mol. The number of hydrogen-bond donors (Lipinski definition) is 2. The summed E-state index contributed by atoms with van der Waals surface area (Å²) in [4.78, 5) is 11.9. The Morgan fingerprint density at radius 3 is 2.58 bits per heavy atom. The summed E-state index contributed by atoms with van der Waals surface area (Å²) in [5, 5.41) is 12.7. The standard InChI is InChI=1S/C15H27NO2S/c1-9(14-7-12-4-5-13(14)6-12)16-15(18)8-19-11(3)10(2)17/h9-14,17H,4-8H2,1-3H3,(H,16,18). The number of carbonyl (C=O) groups excluding carboxylic acids is 1. The number of aliphatic hydroxyl groups is 1. The van der Waals surface area contributed by atoms with Crippen LogP contribution in [0.1, 0.15) is 46.5 Å². The number of nitrogens with one attached hydrogen (secondary N) is 1. The van der Waals surface area contributed by atoms with Gasteiger partial charge in [-0.15, -0.1) is 11.8 Å². The van der Waals surface area contributed by atoms with Gasteiger partial charge >= 0.3 is 0 Å². The van der Waals surface area contributed by atoms with Crippen molar-refractivity contribution in [2.75, 3.05) is 5.75 Å².